The van der Waals surface area contributed by atoms with E-state index in [1.165, 1.54) is 11.6 Å². The molecule has 1 aliphatic rings. The van der Waals surface area contributed by atoms with Crippen LogP contribution in [0.2, 0.25) is 0 Å². The van der Waals surface area contributed by atoms with Crippen LogP contribution in [-0.4, -0.2) is 35.9 Å². The van der Waals surface area contributed by atoms with Crippen LogP contribution in [0, 0.1) is 10.1 Å². The second-order valence-electron chi connectivity index (χ2n) is 6.34. The summed E-state index contributed by atoms with van der Waals surface area (Å²) < 4.78 is 0. The first-order valence-corrected chi connectivity index (χ1v) is 8.35. The van der Waals surface area contributed by atoms with Crippen molar-refractivity contribution in [3.63, 3.8) is 0 Å². The van der Waals surface area contributed by atoms with Crippen LogP contribution in [0.5, 0.6) is 0 Å². The van der Waals surface area contributed by atoms with Gasteiger partial charge in [-0.2, -0.15) is 0 Å². The maximum atomic E-state index is 12.7. The standard InChI is InChI=1S/C19H21N3O3/c1-20(13-16-8-3-5-11-18(16)22(24)25)14-19(23)21-12-6-9-15-7-2-4-10-17(15)21/h2-5,7-8,10-11H,6,9,12-14H2,1H3. The highest BCUT2D eigenvalue weighted by atomic mass is 16.6. The van der Waals surface area contributed by atoms with Gasteiger partial charge in [0.25, 0.3) is 5.69 Å². The quantitative estimate of drug-likeness (QED) is 0.620. The first kappa shape index (κ1) is 17.1. The molecular formula is C19H21N3O3. The summed E-state index contributed by atoms with van der Waals surface area (Å²) >= 11 is 0. The van der Waals surface area contributed by atoms with Crippen LogP contribution in [0.15, 0.2) is 48.5 Å². The number of carbonyl (C=O) groups is 1. The molecule has 2 aromatic rings. The summed E-state index contributed by atoms with van der Waals surface area (Å²) in [7, 11) is 1.81. The third kappa shape index (κ3) is 3.85. The van der Waals surface area contributed by atoms with Crippen molar-refractivity contribution in [1.29, 1.82) is 0 Å². The van der Waals surface area contributed by atoms with E-state index in [0.717, 1.165) is 25.1 Å². The van der Waals surface area contributed by atoms with Crippen LogP contribution in [0.4, 0.5) is 11.4 Å². The van der Waals surface area contributed by atoms with E-state index in [0.29, 0.717) is 12.1 Å². The minimum absolute atomic E-state index is 0.0215. The summed E-state index contributed by atoms with van der Waals surface area (Å²) in [6.07, 6.45) is 1.95. The Morgan fingerprint density at radius 3 is 2.72 bits per heavy atom. The number of rotatable bonds is 5. The Morgan fingerprint density at radius 2 is 1.92 bits per heavy atom. The number of benzene rings is 2. The summed E-state index contributed by atoms with van der Waals surface area (Å²) in [5.74, 6) is 0.0215. The molecule has 1 amide bonds. The van der Waals surface area contributed by atoms with Crippen molar-refractivity contribution >= 4 is 17.3 Å². The number of amides is 1. The third-order valence-electron chi connectivity index (χ3n) is 4.45. The summed E-state index contributed by atoms with van der Waals surface area (Å²) in [6.45, 7) is 1.30. The average Bonchev–Trinajstić information content (AvgIpc) is 2.61. The van der Waals surface area contributed by atoms with Crippen molar-refractivity contribution in [3.05, 3.63) is 69.8 Å². The fourth-order valence-electron chi connectivity index (χ4n) is 3.28. The molecular weight excluding hydrogens is 318 g/mol. The minimum atomic E-state index is -0.383. The molecule has 2 aromatic carbocycles. The van der Waals surface area contributed by atoms with Crippen molar-refractivity contribution in [3.8, 4) is 0 Å². The van der Waals surface area contributed by atoms with Crippen LogP contribution in [0.1, 0.15) is 17.5 Å². The SMILES string of the molecule is CN(CC(=O)N1CCCc2ccccc21)Cc1ccccc1[N+](=O)[O-]. The molecule has 25 heavy (non-hydrogen) atoms. The van der Waals surface area contributed by atoms with E-state index in [-0.39, 0.29) is 23.1 Å². The van der Waals surface area contributed by atoms with Crippen molar-refractivity contribution in [2.75, 3.05) is 25.0 Å². The average molecular weight is 339 g/mol. The van der Waals surface area contributed by atoms with Gasteiger partial charge in [-0.3, -0.25) is 19.8 Å². The number of hydrogen-bond acceptors (Lipinski definition) is 4. The smallest absolute Gasteiger partial charge is 0.273 e. The summed E-state index contributed by atoms with van der Waals surface area (Å²) in [6, 6.07) is 14.6. The molecule has 0 N–H and O–H groups in total. The lowest BCUT2D eigenvalue weighted by molar-refractivity contribution is -0.385. The van der Waals surface area contributed by atoms with Gasteiger partial charge >= 0.3 is 0 Å². The van der Waals surface area contributed by atoms with E-state index in [9.17, 15) is 14.9 Å². The second-order valence-corrected chi connectivity index (χ2v) is 6.34. The third-order valence-corrected chi connectivity index (χ3v) is 4.45. The van der Waals surface area contributed by atoms with Gasteiger partial charge in [0.15, 0.2) is 0 Å². The normalized spacial score (nSPS) is 13.6. The fourth-order valence-corrected chi connectivity index (χ4v) is 3.28. The van der Waals surface area contributed by atoms with Gasteiger partial charge in [0.2, 0.25) is 5.91 Å². The topological polar surface area (TPSA) is 66.7 Å². The number of nitro benzene ring substituents is 1. The Hall–Kier alpha value is -2.73. The molecule has 0 atom stereocenters. The number of fused-ring (bicyclic) bond motifs is 1. The number of para-hydroxylation sites is 2. The first-order valence-electron chi connectivity index (χ1n) is 8.35. The van der Waals surface area contributed by atoms with E-state index >= 15 is 0 Å². The minimum Gasteiger partial charge on any atom is -0.311 e. The van der Waals surface area contributed by atoms with Crippen molar-refractivity contribution in [2.24, 2.45) is 0 Å². The molecule has 0 fully saturated rings. The van der Waals surface area contributed by atoms with Gasteiger partial charge in [-0.05, 0) is 31.5 Å². The Balaban J connectivity index is 1.69. The van der Waals surface area contributed by atoms with Crippen molar-refractivity contribution < 1.29 is 9.72 Å². The Bertz CT molecular complexity index is 791. The van der Waals surface area contributed by atoms with E-state index in [1.807, 2.05) is 35.0 Å². The number of likely N-dealkylation sites (N-methyl/N-ethyl adjacent to an activating group) is 1. The molecule has 6 heteroatoms. The van der Waals surface area contributed by atoms with Gasteiger partial charge in [0, 0.05) is 30.4 Å². The van der Waals surface area contributed by atoms with Crippen molar-refractivity contribution in [1.82, 2.24) is 4.90 Å². The zero-order valence-corrected chi connectivity index (χ0v) is 14.2. The molecule has 0 spiro atoms. The Kier molecular flexibility index (Phi) is 5.09. The lowest BCUT2D eigenvalue weighted by Gasteiger charge is -2.31. The zero-order chi connectivity index (χ0) is 17.8. The van der Waals surface area contributed by atoms with Crippen LogP contribution in [0.25, 0.3) is 0 Å². The first-order chi connectivity index (χ1) is 12.1. The molecule has 0 saturated heterocycles. The summed E-state index contributed by atoms with van der Waals surface area (Å²) in [5, 5.41) is 11.1. The van der Waals surface area contributed by atoms with Crippen LogP contribution in [0.3, 0.4) is 0 Å². The number of nitrogens with zero attached hydrogens (tertiary/aromatic N) is 3. The van der Waals surface area contributed by atoms with Gasteiger partial charge in [-0.15, -0.1) is 0 Å². The molecule has 0 saturated carbocycles. The highest BCUT2D eigenvalue weighted by Gasteiger charge is 2.23. The summed E-state index contributed by atoms with van der Waals surface area (Å²) in [4.78, 5) is 27.1. The molecule has 3 rings (SSSR count). The number of hydrogen-bond donors (Lipinski definition) is 0. The largest absolute Gasteiger partial charge is 0.311 e. The van der Waals surface area contributed by atoms with Crippen LogP contribution >= 0.6 is 0 Å². The highest BCUT2D eigenvalue weighted by Crippen LogP contribution is 2.27. The number of carbonyl (C=O) groups excluding carboxylic acids is 1. The Morgan fingerprint density at radius 1 is 1.20 bits per heavy atom. The highest BCUT2D eigenvalue weighted by molar-refractivity contribution is 5.95. The second kappa shape index (κ2) is 7.44. The molecule has 1 heterocycles. The monoisotopic (exact) mass is 339 g/mol. The lowest BCUT2D eigenvalue weighted by Crippen LogP contribution is -2.41. The van der Waals surface area contributed by atoms with Gasteiger partial charge in [0.05, 0.1) is 11.5 Å². The van der Waals surface area contributed by atoms with Gasteiger partial charge < -0.3 is 4.90 Å². The van der Waals surface area contributed by atoms with Crippen LogP contribution < -0.4 is 4.90 Å². The maximum Gasteiger partial charge on any atom is 0.273 e. The van der Waals surface area contributed by atoms with Crippen LogP contribution in [-0.2, 0) is 17.8 Å². The maximum absolute atomic E-state index is 12.7. The zero-order valence-electron chi connectivity index (χ0n) is 14.2. The predicted molar refractivity (Wildman–Crippen MR) is 96.5 cm³/mol. The number of anilines is 1. The Labute approximate surface area is 146 Å². The number of nitro groups is 1. The molecule has 130 valence electrons. The molecule has 0 radical (unpaired) electrons. The van der Waals surface area contributed by atoms with E-state index < -0.39 is 0 Å². The van der Waals surface area contributed by atoms with Crippen molar-refractivity contribution in [2.45, 2.75) is 19.4 Å². The van der Waals surface area contributed by atoms with E-state index in [1.54, 1.807) is 18.2 Å². The van der Waals surface area contributed by atoms with E-state index in [4.69, 9.17) is 0 Å². The fraction of sp³-hybridized carbons (Fsp3) is 0.316. The van der Waals surface area contributed by atoms with E-state index in [2.05, 4.69) is 6.07 Å². The van der Waals surface area contributed by atoms with Gasteiger partial charge in [0.1, 0.15) is 0 Å². The molecule has 0 bridgehead atoms. The molecule has 0 aromatic heterocycles. The number of aryl methyl sites for hydroxylation is 1. The van der Waals surface area contributed by atoms with Gasteiger partial charge in [-0.25, -0.2) is 0 Å². The lowest BCUT2D eigenvalue weighted by atomic mass is 10.0. The van der Waals surface area contributed by atoms with Gasteiger partial charge in [-0.1, -0.05) is 36.4 Å². The molecule has 0 aliphatic carbocycles. The molecule has 1 aliphatic heterocycles. The molecule has 6 nitrogen and oxygen atoms in total. The molecule has 0 unspecified atom stereocenters. The predicted octanol–water partition coefficient (Wildman–Crippen LogP) is 3.01. The summed E-state index contributed by atoms with van der Waals surface area (Å²) in [5.41, 5.74) is 2.88.